The smallest absolute Gasteiger partial charge is 0.167 e. The van der Waals surface area contributed by atoms with E-state index >= 15 is 0 Å². The number of methoxy groups -OCH3 is 1. The Bertz CT molecular complexity index is 789. The van der Waals surface area contributed by atoms with Gasteiger partial charge in [-0.15, -0.1) is 0 Å². The summed E-state index contributed by atoms with van der Waals surface area (Å²) in [6, 6.07) is 0.317. The Kier molecular flexibility index (Phi) is 7.33. The molecule has 0 spiro atoms. The van der Waals surface area contributed by atoms with Crippen molar-refractivity contribution >= 4 is 17.0 Å². The fraction of sp³-hybridized carbons (Fsp3) is 0.722. The Morgan fingerprint density at radius 1 is 1.34 bits per heavy atom. The quantitative estimate of drug-likeness (QED) is 0.385. The van der Waals surface area contributed by atoms with Gasteiger partial charge in [-0.2, -0.15) is 0 Å². The van der Waals surface area contributed by atoms with Gasteiger partial charge >= 0.3 is 0 Å². The second-order valence-corrected chi connectivity index (χ2v) is 7.41. The van der Waals surface area contributed by atoms with Crippen LogP contribution in [0.5, 0.6) is 0 Å². The van der Waals surface area contributed by atoms with Crippen LogP contribution in [0.1, 0.15) is 19.6 Å². The van der Waals surface area contributed by atoms with Gasteiger partial charge in [0.1, 0.15) is 30.2 Å². The largest absolute Gasteiger partial charge is 0.387 e. The van der Waals surface area contributed by atoms with Gasteiger partial charge in [0.15, 0.2) is 17.7 Å². The Hall–Kier alpha value is -1.89. The third-order valence-electron chi connectivity index (χ3n) is 5.28. The monoisotopic (exact) mass is 409 g/mol. The summed E-state index contributed by atoms with van der Waals surface area (Å²) in [4.78, 5) is 14.3. The predicted molar refractivity (Wildman–Crippen MR) is 107 cm³/mol. The first kappa shape index (κ1) is 21.8. The highest BCUT2D eigenvalue weighted by Crippen LogP contribution is 2.32. The van der Waals surface area contributed by atoms with Gasteiger partial charge in [0.2, 0.25) is 0 Å². The molecule has 0 bridgehead atoms. The Balaban J connectivity index is 1.58. The molecule has 0 amide bonds. The lowest BCUT2D eigenvalue weighted by Crippen LogP contribution is -2.42. The van der Waals surface area contributed by atoms with Crippen molar-refractivity contribution in [3.05, 3.63) is 12.7 Å². The number of aliphatic hydroxyl groups is 2. The van der Waals surface area contributed by atoms with Gasteiger partial charge in [-0.25, -0.2) is 15.0 Å². The van der Waals surface area contributed by atoms with E-state index in [4.69, 9.17) is 15.2 Å². The second-order valence-electron chi connectivity index (χ2n) is 7.41. The summed E-state index contributed by atoms with van der Waals surface area (Å²) >= 11 is 0. The maximum Gasteiger partial charge on any atom is 0.167 e. The molecule has 3 rings (SSSR count). The summed E-state index contributed by atoms with van der Waals surface area (Å²) in [5.74, 6) is 0.254. The maximum absolute atomic E-state index is 10.5. The third kappa shape index (κ3) is 4.82. The summed E-state index contributed by atoms with van der Waals surface area (Å²) in [6.45, 7) is 4.82. The van der Waals surface area contributed by atoms with E-state index in [1.54, 1.807) is 11.7 Å². The molecule has 5 atom stereocenters. The number of rotatable bonds is 10. The first-order valence-electron chi connectivity index (χ1n) is 9.81. The number of hydrogen-bond acceptors (Lipinski definition) is 10. The molecule has 3 heterocycles. The number of likely N-dealkylation sites (N-methyl/N-ethyl adjacent to an activating group) is 1. The molecule has 11 nitrogen and oxygen atoms in total. The van der Waals surface area contributed by atoms with Crippen molar-refractivity contribution in [2.24, 2.45) is 0 Å². The fourth-order valence-electron chi connectivity index (χ4n) is 3.55. The molecular weight excluding hydrogens is 378 g/mol. The van der Waals surface area contributed by atoms with Crippen molar-refractivity contribution in [2.75, 3.05) is 46.1 Å². The Morgan fingerprint density at radius 2 is 2.14 bits per heavy atom. The molecule has 0 radical (unpaired) electrons. The number of nitrogens with two attached hydrogens (primary N) is 1. The molecule has 1 aliphatic heterocycles. The van der Waals surface area contributed by atoms with Crippen LogP contribution in [0, 0.1) is 0 Å². The number of nitrogens with one attached hydrogen (secondary N) is 1. The van der Waals surface area contributed by atoms with E-state index in [0.717, 1.165) is 19.5 Å². The maximum atomic E-state index is 10.5. The van der Waals surface area contributed by atoms with Gasteiger partial charge in [0, 0.05) is 32.8 Å². The summed E-state index contributed by atoms with van der Waals surface area (Å²) in [7, 11) is 3.65. The number of hydrogen-bond donors (Lipinski definition) is 4. The van der Waals surface area contributed by atoms with Crippen molar-refractivity contribution in [3.63, 3.8) is 0 Å². The van der Waals surface area contributed by atoms with Crippen molar-refractivity contribution in [1.82, 2.24) is 29.7 Å². The van der Waals surface area contributed by atoms with Crippen molar-refractivity contribution in [3.8, 4) is 0 Å². The number of aromatic nitrogens is 4. The van der Waals surface area contributed by atoms with Gasteiger partial charge < -0.3 is 35.6 Å². The minimum atomic E-state index is -1.11. The van der Waals surface area contributed by atoms with Gasteiger partial charge in [-0.3, -0.25) is 4.57 Å². The number of nitrogen functional groups attached to an aromatic ring is 1. The molecular formula is C18H31N7O4. The average molecular weight is 409 g/mol. The first-order valence-corrected chi connectivity index (χ1v) is 9.81. The van der Waals surface area contributed by atoms with Crippen LogP contribution in [-0.4, -0.2) is 99.4 Å². The Labute approximate surface area is 169 Å². The summed E-state index contributed by atoms with van der Waals surface area (Å²) < 4.78 is 12.7. The van der Waals surface area contributed by atoms with Crippen LogP contribution in [-0.2, 0) is 9.47 Å². The van der Waals surface area contributed by atoms with E-state index in [-0.39, 0.29) is 5.82 Å². The molecule has 0 aromatic carbocycles. The number of anilines is 1. The average Bonchev–Trinajstić information content (AvgIpc) is 3.25. The number of imidazole rings is 1. The molecule has 11 heteroatoms. The van der Waals surface area contributed by atoms with Crippen LogP contribution in [0.4, 0.5) is 5.82 Å². The van der Waals surface area contributed by atoms with Crippen molar-refractivity contribution < 1.29 is 19.7 Å². The summed E-state index contributed by atoms with van der Waals surface area (Å²) in [6.07, 6.45) is 0.342. The third-order valence-corrected chi connectivity index (χ3v) is 5.28. The molecule has 29 heavy (non-hydrogen) atoms. The minimum absolute atomic E-state index is 0.254. The van der Waals surface area contributed by atoms with Gasteiger partial charge in [0.05, 0.1) is 12.9 Å². The van der Waals surface area contributed by atoms with Crippen molar-refractivity contribution in [2.45, 2.75) is 43.9 Å². The molecule has 2 aromatic rings. The zero-order valence-corrected chi connectivity index (χ0v) is 17.1. The van der Waals surface area contributed by atoms with Crippen molar-refractivity contribution in [1.29, 1.82) is 0 Å². The SMILES string of the molecule is CCC(COC)NCCN(C)C[C@H]1O[C@@H](n2cnc3c(N)ncnc32)[C@H](O)[C@@H]1O. The standard InChI is InChI=1S/C18H31N7O4/c1-4-11(8-28-3)20-5-6-24(2)7-12-14(26)15(27)18(29-12)25-10-23-13-16(19)21-9-22-17(13)25/h9-12,14-15,18,20,26-27H,4-8H2,1-3H3,(H2,19,21,22)/t11?,12-,14-,15-,18-/m1/s1. The van der Waals surface area contributed by atoms with Crippen LogP contribution in [0.25, 0.3) is 11.2 Å². The van der Waals surface area contributed by atoms with Crippen LogP contribution in [0.3, 0.4) is 0 Å². The van der Waals surface area contributed by atoms with Gasteiger partial charge in [-0.05, 0) is 13.5 Å². The first-order chi connectivity index (χ1) is 14.0. The second kappa shape index (κ2) is 9.74. The zero-order chi connectivity index (χ0) is 21.0. The van der Waals surface area contributed by atoms with Crippen LogP contribution >= 0.6 is 0 Å². The predicted octanol–water partition coefficient (Wildman–Crippen LogP) is -1.03. The topological polar surface area (TPSA) is 144 Å². The highest BCUT2D eigenvalue weighted by Gasteiger charge is 2.44. The Morgan fingerprint density at radius 3 is 2.86 bits per heavy atom. The molecule has 1 unspecified atom stereocenters. The number of nitrogens with zero attached hydrogens (tertiary/aromatic N) is 5. The molecule has 2 aromatic heterocycles. The van der Waals surface area contributed by atoms with Crippen LogP contribution in [0.15, 0.2) is 12.7 Å². The lowest BCUT2D eigenvalue weighted by molar-refractivity contribution is -0.0421. The van der Waals surface area contributed by atoms with E-state index in [9.17, 15) is 10.2 Å². The molecule has 162 valence electrons. The van der Waals surface area contributed by atoms with E-state index in [2.05, 4.69) is 32.1 Å². The fourth-order valence-corrected chi connectivity index (χ4v) is 3.55. The van der Waals surface area contributed by atoms with E-state index in [1.807, 2.05) is 7.05 Å². The molecule has 0 aliphatic carbocycles. The molecule has 1 saturated heterocycles. The molecule has 5 N–H and O–H groups in total. The van der Waals surface area contributed by atoms with E-state index in [0.29, 0.717) is 30.4 Å². The zero-order valence-electron chi connectivity index (χ0n) is 17.1. The van der Waals surface area contributed by atoms with Gasteiger partial charge in [0.25, 0.3) is 0 Å². The van der Waals surface area contributed by atoms with E-state index in [1.165, 1.54) is 12.7 Å². The molecule has 0 saturated carbocycles. The minimum Gasteiger partial charge on any atom is -0.387 e. The highest BCUT2D eigenvalue weighted by molar-refractivity contribution is 5.81. The van der Waals surface area contributed by atoms with E-state index < -0.39 is 24.5 Å². The van der Waals surface area contributed by atoms with Crippen LogP contribution < -0.4 is 11.1 Å². The molecule has 1 aliphatic rings. The lowest BCUT2D eigenvalue weighted by atomic mass is 10.1. The number of ether oxygens (including phenoxy) is 2. The number of aliphatic hydroxyl groups excluding tert-OH is 2. The number of fused-ring (bicyclic) bond motifs is 1. The lowest BCUT2D eigenvalue weighted by Gasteiger charge is -2.24. The molecule has 1 fully saturated rings. The van der Waals surface area contributed by atoms with Crippen LogP contribution in [0.2, 0.25) is 0 Å². The van der Waals surface area contributed by atoms with Gasteiger partial charge in [-0.1, -0.05) is 6.92 Å². The summed E-state index contributed by atoms with van der Waals surface area (Å²) in [5, 5.41) is 24.5. The summed E-state index contributed by atoms with van der Waals surface area (Å²) in [5.41, 5.74) is 6.71. The highest BCUT2D eigenvalue weighted by atomic mass is 16.6. The normalized spacial score (nSPS) is 25.9.